The van der Waals surface area contributed by atoms with Crippen molar-refractivity contribution in [1.29, 1.82) is 0 Å². The molecule has 104 valence electrons. The molecule has 2 rings (SSSR count). The molecule has 0 saturated carbocycles. The van der Waals surface area contributed by atoms with Crippen molar-refractivity contribution in [2.24, 2.45) is 0 Å². The van der Waals surface area contributed by atoms with E-state index in [2.05, 4.69) is 20.9 Å². The van der Waals surface area contributed by atoms with Gasteiger partial charge in [-0.05, 0) is 36.2 Å². The number of carbonyl (C=O) groups is 1. The van der Waals surface area contributed by atoms with E-state index in [1.165, 1.54) is 0 Å². The van der Waals surface area contributed by atoms with E-state index >= 15 is 0 Å². The largest absolute Gasteiger partial charge is 0.339 e. The van der Waals surface area contributed by atoms with Crippen LogP contribution >= 0.6 is 15.9 Å². The molecule has 0 radical (unpaired) electrons. The minimum atomic E-state index is 0.0170. The fourth-order valence-corrected chi connectivity index (χ4v) is 2.46. The summed E-state index contributed by atoms with van der Waals surface area (Å²) in [5, 5.41) is 0. The van der Waals surface area contributed by atoms with Crippen LogP contribution in [-0.2, 0) is 11.2 Å². The predicted molar refractivity (Wildman–Crippen MR) is 83.3 cm³/mol. The van der Waals surface area contributed by atoms with Crippen molar-refractivity contribution in [1.82, 2.24) is 9.88 Å². The van der Waals surface area contributed by atoms with E-state index < -0.39 is 0 Å². The molecule has 2 aromatic rings. The van der Waals surface area contributed by atoms with Crippen LogP contribution in [0, 0.1) is 0 Å². The number of hydrogen-bond acceptors (Lipinski definition) is 2. The molecule has 0 aliphatic carbocycles. The highest BCUT2D eigenvalue weighted by atomic mass is 79.9. The number of nitrogens with zero attached hydrogens (tertiary/aromatic N) is 2. The number of pyridine rings is 1. The Morgan fingerprint density at radius 2 is 2.15 bits per heavy atom. The summed E-state index contributed by atoms with van der Waals surface area (Å²) in [6.07, 6.45) is 3.94. The maximum Gasteiger partial charge on any atom is 0.227 e. The normalized spacial score (nSPS) is 11.9. The summed E-state index contributed by atoms with van der Waals surface area (Å²) in [5.74, 6) is 0.0967. The number of carbonyl (C=O) groups excluding carboxylic acids is 1. The smallest absolute Gasteiger partial charge is 0.227 e. The lowest BCUT2D eigenvalue weighted by atomic mass is 10.1. The van der Waals surface area contributed by atoms with Crippen LogP contribution in [0.5, 0.6) is 0 Å². The number of aromatic nitrogens is 1. The SMILES string of the molecule is C[C@H](c1cccnc1)N(C)C(=O)Cc1cccc(Br)c1. The van der Waals surface area contributed by atoms with Gasteiger partial charge in [-0.2, -0.15) is 0 Å². The number of amides is 1. The first-order chi connectivity index (χ1) is 9.58. The molecular formula is C16H17BrN2O. The standard InChI is InChI=1S/C16H17BrN2O/c1-12(14-6-4-8-18-11-14)19(2)16(20)10-13-5-3-7-15(17)9-13/h3-9,11-12H,10H2,1-2H3/t12-/m1/s1. The molecule has 0 aliphatic heterocycles. The van der Waals surface area contributed by atoms with Crippen molar-refractivity contribution in [2.75, 3.05) is 7.05 Å². The maximum absolute atomic E-state index is 12.3. The molecule has 0 fully saturated rings. The summed E-state index contributed by atoms with van der Waals surface area (Å²) in [5.41, 5.74) is 2.05. The van der Waals surface area contributed by atoms with E-state index in [1.807, 2.05) is 50.4 Å². The van der Waals surface area contributed by atoms with E-state index in [1.54, 1.807) is 17.3 Å². The minimum Gasteiger partial charge on any atom is -0.339 e. The highest BCUT2D eigenvalue weighted by molar-refractivity contribution is 9.10. The third kappa shape index (κ3) is 3.67. The topological polar surface area (TPSA) is 33.2 Å². The monoisotopic (exact) mass is 332 g/mol. The molecule has 0 saturated heterocycles. The van der Waals surface area contributed by atoms with E-state index in [-0.39, 0.29) is 11.9 Å². The fraction of sp³-hybridized carbons (Fsp3) is 0.250. The molecule has 1 amide bonds. The van der Waals surface area contributed by atoms with Gasteiger partial charge in [-0.25, -0.2) is 0 Å². The Morgan fingerprint density at radius 3 is 2.80 bits per heavy atom. The van der Waals surface area contributed by atoms with Crippen LogP contribution in [0.3, 0.4) is 0 Å². The molecule has 0 aliphatic rings. The highest BCUT2D eigenvalue weighted by Crippen LogP contribution is 2.19. The van der Waals surface area contributed by atoms with Gasteiger partial charge >= 0.3 is 0 Å². The summed E-state index contributed by atoms with van der Waals surface area (Å²) in [7, 11) is 1.83. The molecular weight excluding hydrogens is 316 g/mol. The van der Waals surface area contributed by atoms with Crippen molar-refractivity contribution in [3.8, 4) is 0 Å². The Bertz CT molecular complexity index is 586. The molecule has 1 aromatic carbocycles. The van der Waals surface area contributed by atoms with Crippen LogP contribution in [0.25, 0.3) is 0 Å². The average Bonchev–Trinajstić information content (AvgIpc) is 2.46. The Kier molecular flexibility index (Phi) is 4.90. The number of rotatable bonds is 4. The maximum atomic E-state index is 12.3. The number of halogens is 1. The minimum absolute atomic E-state index is 0.0170. The molecule has 1 heterocycles. The number of benzene rings is 1. The van der Waals surface area contributed by atoms with Gasteiger partial charge in [0.15, 0.2) is 0 Å². The second-order valence-corrected chi connectivity index (χ2v) is 5.69. The summed E-state index contributed by atoms with van der Waals surface area (Å²) in [6, 6.07) is 11.7. The first-order valence-electron chi connectivity index (χ1n) is 6.48. The summed E-state index contributed by atoms with van der Waals surface area (Å²) >= 11 is 3.42. The van der Waals surface area contributed by atoms with Crippen molar-refractivity contribution >= 4 is 21.8 Å². The van der Waals surface area contributed by atoms with Gasteiger partial charge in [0.1, 0.15) is 0 Å². The summed E-state index contributed by atoms with van der Waals surface area (Å²) in [6.45, 7) is 2.01. The third-order valence-corrected chi connectivity index (χ3v) is 3.88. The van der Waals surface area contributed by atoms with Gasteiger partial charge in [0, 0.05) is 23.9 Å². The highest BCUT2D eigenvalue weighted by Gasteiger charge is 2.17. The zero-order valence-corrected chi connectivity index (χ0v) is 13.2. The number of hydrogen-bond donors (Lipinski definition) is 0. The van der Waals surface area contributed by atoms with Crippen LogP contribution < -0.4 is 0 Å². The fourth-order valence-electron chi connectivity index (χ4n) is 2.01. The average molecular weight is 333 g/mol. The molecule has 20 heavy (non-hydrogen) atoms. The van der Waals surface area contributed by atoms with Crippen LogP contribution in [0.2, 0.25) is 0 Å². The van der Waals surface area contributed by atoms with Gasteiger partial charge in [-0.1, -0.05) is 34.1 Å². The lowest BCUT2D eigenvalue weighted by molar-refractivity contribution is -0.131. The Labute approximate surface area is 127 Å². The zero-order valence-electron chi connectivity index (χ0n) is 11.6. The molecule has 0 spiro atoms. The molecule has 1 aromatic heterocycles. The van der Waals surface area contributed by atoms with Gasteiger partial charge in [0.05, 0.1) is 12.5 Å². The van der Waals surface area contributed by atoms with Crippen LogP contribution in [0.1, 0.15) is 24.1 Å². The second kappa shape index (κ2) is 6.66. The van der Waals surface area contributed by atoms with Crippen LogP contribution in [-0.4, -0.2) is 22.8 Å². The first kappa shape index (κ1) is 14.7. The molecule has 0 unspecified atom stereocenters. The molecule has 3 nitrogen and oxygen atoms in total. The molecule has 4 heteroatoms. The van der Waals surface area contributed by atoms with Gasteiger partial charge in [0.25, 0.3) is 0 Å². The molecule has 0 N–H and O–H groups in total. The summed E-state index contributed by atoms with van der Waals surface area (Å²) in [4.78, 5) is 18.2. The van der Waals surface area contributed by atoms with Crippen molar-refractivity contribution in [2.45, 2.75) is 19.4 Å². The molecule has 1 atom stereocenters. The Balaban J connectivity index is 2.05. The summed E-state index contributed by atoms with van der Waals surface area (Å²) < 4.78 is 0.991. The third-order valence-electron chi connectivity index (χ3n) is 3.39. The van der Waals surface area contributed by atoms with E-state index in [9.17, 15) is 4.79 Å². The second-order valence-electron chi connectivity index (χ2n) is 4.77. The predicted octanol–water partition coefficient (Wildman–Crippen LogP) is 3.61. The number of likely N-dealkylation sites (N-methyl/N-ethyl adjacent to an activating group) is 1. The lowest BCUT2D eigenvalue weighted by Gasteiger charge is -2.25. The van der Waals surface area contributed by atoms with Gasteiger partial charge < -0.3 is 4.90 Å². The van der Waals surface area contributed by atoms with Crippen molar-refractivity contribution in [3.63, 3.8) is 0 Å². The van der Waals surface area contributed by atoms with Gasteiger partial charge in [-0.3, -0.25) is 9.78 Å². The van der Waals surface area contributed by atoms with Crippen LogP contribution in [0.4, 0.5) is 0 Å². The van der Waals surface area contributed by atoms with E-state index in [4.69, 9.17) is 0 Å². The van der Waals surface area contributed by atoms with Crippen molar-refractivity contribution in [3.05, 3.63) is 64.4 Å². The Morgan fingerprint density at radius 1 is 1.35 bits per heavy atom. The Hall–Kier alpha value is -1.68. The zero-order chi connectivity index (χ0) is 14.5. The van der Waals surface area contributed by atoms with Crippen molar-refractivity contribution < 1.29 is 4.79 Å². The quantitative estimate of drug-likeness (QED) is 0.856. The van der Waals surface area contributed by atoms with E-state index in [0.717, 1.165) is 15.6 Å². The van der Waals surface area contributed by atoms with E-state index in [0.29, 0.717) is 6.42 Å². The van der Waals surface area contributed by atoms with Gasteiger partial charge in [0.2, 0.25) is 5.91 Å². The van der Waals surface area contributed by atoms with Crippen LogP contribution in [0.15, 0.2) is 53.3 Å². The molecule has 0 bridgehead atoms. The lowest BCUT2D eigenvalue weighted by Crippen LogP contribution is -2.31. The first-order valence-corrected chi connectivity index (χ1v) is 7.27. The van der Waals surface area contributed by atoms with Gasteiger partial charge in [-0.15, -0.1) is 0 Å².